The molecule has 1 N–H and O–H groups in total. The molecule has 0 aromatic heterocycles. The number of quaternary nitrogens is 1. The maximum absolute atomic E-state index is 12.8. The van der Waals surface area contributed by atoms with E-state index in [1.807, 2.05) is 21.1 Å². The van der Waals surface area contributed by atoms with Crippen LogP contribution in [0.25, 0.3) is 0 Å². The van der Waals surface area contributed by atoms with Crippen LogP contribution >= 0.6 is 7.82 Å². The third kappa shape index (κ3) is 64.5. The molecular weight excluding hydrogens is 1040 g/mol. The number of carbonyl (C=O) groups excluding carboxylic acids is 2. The highest BCUT2D eigenvalue weighted by Gasteiger charge is 2.27. The van der Waals surface area contributed by atoms with E-state index in [1.54, 1.807) is 0 Å². The van der Waals surface area contributed by atoms with Crippen molar-refractivity contribution < 1.29 is 42.1 Å². The lowest BCUT2D eigenvalue weighted by Crippen LogP contribution is -2.37. The molecular formula is C72H117NO8P+. The lowest BCUT2D eigenvalue weighted by Gasteiger charge is -2.24. The Balaban J connectivity index is 4.26. The van der Waals surface area contributed by atoms with Crippen LogP contribution in [0, 0.1) is 0 Å². The number of hydrogen-bond donors (Lipinski definition) is 1. The van der Waals surface area contributed by atoms with Crippen LogP contribution in [-0.2, 0) is 32.7 Å². The first-order valence-corrected chi connectivity index (χ1v) is 33.4. The molecule has 0 spiro atoms. The smallest absolute Gasteiger partial charge is 0.462 e. The number of allylic oxidation sites excluding steroid dienone is 28. The first-order chi connectivity index (χ1) is 40.0. The highest BCUT2D eigenvalue weighted by Crippen LogP contribution is 2.43. The van der Waals surface area contributed by atoms with Crippen molar-refractivity contribution in [3.8, 4) is 0 Å². The molecule has 82 heavy (non-hydrogen) atoms. The summed E-state index contributed by atoms with van der Waals surface area (Å²) in [4.78, 5) is 35.8. The lowest BCUT2D eigenvalue weighted by molar-refractivity contribution is -0.870. The van der Waals surface area contributed by atoms with Gasteiger partial charge < -0.3 is 18.9 Å². The van der Waals surface area contributed by atoms with Crippen molar-refractivity contribution in [1.29, 1.82) is 0 Å². The average molecular weight is 1160 g/mol. The van der Waals surface area contributed by atoms with E-state index in [0.29, 0.717) is 17.4 Å². The zero-order valence-electron chi connectivity index (χ0n) is 52.4. The molecule has 0 aliphatic rings. The van der Waals surface area contributed by atoms with Crippen molar-refractivity contribution in [2.75, 3.05) is 47.5 Å². The number of carbonyl (C=O) groups is 2. The van der Waals surface area contributed by atoms with E-state index >= 15 is 0 Å². The highest BCUT2D eigenvalue weighted by atomic mass is 31.2. The van der Waals surface area contributed by atoms with E-state index in [4.69, 9.17) is 18.5 Å². The fraction of sp³-hybridized carbons (Fsp3) is 0.583. The molecule has 9 nitrogen and oxygen atoms in total. The molecule has 0 aliphatic carbocycles. The molecule has 0 rings (SSSR count). The van der Waals surface area contributed by atoms with E-state index in [0.717, 1.165) is 141 Å². The summed E-state index contributed by atoms with van der Waals surface area (Å²) in [5.74, 6) is -0.852. The summed E-state index contributed by atoms with van der Waals surface area (Å²) in [7, 11) is 1.43. The highest BCUT2D eigenvalue weighted by molar-refractivity contribution is 7.47. The van der Waals surface area contributed by atoms with Gasteiger partial charge in [-0.1, -0.05) is 248 Å². The fourth-order valence-corrected chi connectivity index (χ4v) is 8.66. The summed E-state index contributed by atoms with van der Waals surface area (Å²) in [5.41, 5.74) is 0. The Morgan fingerprint density at radius 1 is 0.378 bits per heavy atom. The number of rotatable bonds is 56. The van der Waals surface area contributed by atoms with Gasteiger partial charge in [-0.25, -0.2) is 4.57 Å². The monoisotopic (exact) mass is 1150 g/mol. The molecule has 0 aromatic rings. The number of ether oxygens (including phenoxy) is 2. The lowest BCUT2D eigenvalue weighted by atomic mass is 10.0. The van der Waals surface area contributed by atoms with Gasteiger partial charge in [0.05, 0.1) is 27.7 Å². The number of esters is 2. The van der Waals surface area contributed by atoms with Gasteiger partial charge in [-0.05, 0) is 128 Å². The summed E-state index contributed by atoms with van der Waals surface area (Å²) in [5, 5.41) is 0. The van der Waals surface area contributed by atoms with Crippen molar-refractivity contribution in [2.24, 2.45) is 0 Å². The maximum atomic E-state index is 12.8. The Labute approximate surface area is 502 Å². The van der Waals surface area contributed by atoms with Gasteiger partial charge in [0.1, 0.15) is 19.8 Å². The predicted molar refractivity (Wildman–Crippen MR) is 353 cm³/mol. The minimum atomic E-state index is -4.41. The summed E-state index contributed by atoms with van der Waals surface area (Å²) in [6.07, 6.45) is 92.9. The number of hydrogen-bond acceptors (Lipinski definition) is 7. The van der Waals surface area contributed by atoms with Crippen LogP contribution < -0.4 is 0 Å². The molecule has 2 unspecified atom stereocenters. The van der Waals surface area contributed by atoms with Crippen molar-refractivity contribution in [1.82, 2.24) is 0 Å². The number of phosphoric acid groups is 1. The van der Waals surface area contributed by atoms with Crippen LogP contribution in [0.3, 0.4) is 0 Å². The number of likely N-dealkylation sites (N-methyl/N-ethyl adjacent to an activating group) is 1. The molecule has 10 heteroatoms. The van der Waals surface area contributed by atoms with E-state index in [1.165, 1.54) is 44.9 Å². The number of nitrogens with zero attached hydrogens (tertiary/aromatic N) is 1. The third-order valence-electron chi connectivity index (χ3n) is 12.7. The Kier molecular flexibility index (Phi) is 57.5. The van der Waals surface area contributed by atoms with Gasteiger partial charge in [0.2, 0.25) is 0 Å². The first-order valence-electron chi connectivity index (χ1n) is 31.9. The van der Waals surface area contributed by atoms with Gasteiger partial charge in [-0.3, -0.25) is 18.6 Å². The first kappa shape index (κ1) is 77.4. The largest absolute Gasteiger partial charge is 0.472 e. The second-order valence-corrected chi connectivity index (χ2v) is 23.1. The van der Waals surface area contributed by atoms with Crippen molar-refractivity contribution in [3.63, 3.8) is 0 Å². The maximum Gasteiger partial charge on any atom is 0.472 e. The van der Waals surface area contributed by atoms with Gasteiger partial charge >= 0.3 is 19.8 Å². The van der Waals surface area contributed by atoms with Crippen LogP contribution in [0.15, 0.2) is 170 Å². The zero-order chi connectivity index (χ0) is 59.8. The second-order valence-electron chi connectivity index (χ2n) is 21.7. The molecule has 0 saturated carbocycles. The second kappa shape index (κ2) is 60.9. The molecule has 0 fully saturated rings. The van der Waals surface area contributed by atoms with E-state index in [2.05, 4.69) is 184 Å². The Morgan fingerprint density at radius 2 is 0.659 bits per heavy atom. The minimum absolute atomic E-state index is 0.0144. The normalized spacial score (nSPS) is 14.4. The van der Waals surface area contributed by atoms with Crippen LogP contribution in [0.2, 0.25) is 0 Å². The molecule has 0 saturated heterocycles. The number of phosphoric ester groups is 1. The quantitative estimate of drug-likeness (QED) is 0.0211. The Morgan fingerprint density at radius 3 is 0.988 bits per heavy atom. The van der Waals surface area contributed by atoms with E-state index < -0.39 is 26.5 Å². The van der Waals surface area contributed by atoms with Crippen molar-refractivity contribution >= 4 is 19.8 Å². The van der Waals surface area contributed by atoms with Crippen LogP contribution in [0.5, 0.6) is 0 Å². The molecule has 0 aromatic carbocycles. The van der Waals surface area contributed by atoms with Gasteiger partial charge in [0.15, 0.2) is 6.10 Å². The minimum Gasteiger partial charge on any atom is -0.462 e. The molecule has 0 amide bonds. The summed E-state index contributed by atoms with van der Waals surface area (Å²) in [6, 6.07) is 0. The molecule has 0 aliphatic heterocycles. The average Bonchev–Trinajstić information content (AvgIpc) is 3.46. The standard InChI is InChI=1S/C72H116NO8P/c1-6-8-10-12-14-16-18-20-22-24-26-28-30-32-34-35-36-37-39-41-43-45-47-49-51-53-55-57-59-61-63-65-72(75)81-70(69-80-82(76,77)79-67-66-73(3,4)5)68-78-71(74)64-62-60-58-56-54-52-50-48-46-44-42-40-38-33-31-29-27-25-23-21-19-17-15-13-11-9-7-2/h8-11,14-17,20-23,26-29,32-34,36-38,41,43,47,49,53,55,70H,6-7,12-13,18-19,24-25,30-31,35,39-40,42,44-46,48,50-52,54,56-69H2,1-5H3/p+1/b10-8-,11-9-,16-14-,17-15-,22-20-,23-21-,28-26-,29-27-,34-32-,37-36-,38-33-,43-41-,49-47-,55-53-. The zero-order valence-corrected chi connectivity index (χ0v) is 53.3. The van der Waals surface area contributed by atoms with Gasteiger partial charge in [-0.15, -0.1) is 0 Å². The van der Waals surface area contributed by atoms with Gasteiger partial charge in [0.25, 0.3) is 0 Å². The number of unbranched alkanes of at least 4 members (excludes halogenated alkanes) is 14. The fourth-order valence-electron chi connectivity index (χ4n) is 7.92. The molecule has 0 heterocycles. The van der Waals surface area contributed by atoms with Crippen LogP contribution in [0.1, 0.15) is 219 Å². The van der Waals surface area contributed by atoms with Crippen molar-refractivity contribution in [3.05, 3.63) is 170 Å². The van der Waals surface area contributed by atoms with Crippen molar-refractivity contribution in [2.45, 2.75) is 225 Å². The predicted octanol–water partition coefficient (Wildman–Crippen LogP) is 20.6. The third-order valence-corrected chi connectivity index (χ3v) is 13.7. The summed E-state index contributed by atoms with van der Waals surface area (Å²) >= 11 is 0. The van der Waals surface area contributed by atoms with E-state index in [-0.39, 0.29) is 32.0 Å². The van der Waals surface area contributed by atoms with Gasteiger partial charge in [0, 0.05) is 12.8 Å². The SMILES string of the molecule is CC/C=C\C/C=C\C/C=C\C/C=C\C/C=C\C/C=C\C/C=C\C/C=C\C/C=C\CCCCCC(=O)OC(COC(=O)CCCCCCCCCCCCC/C=C\C/C=C\C/C=C\C/C=C\C/C=C\CC)COP(=O)(O)OCC[N+](C)(C)C. The molecule has 0 radical (unpaired) electrons. The molecule has 462 valence electrons. The topological polar surface area (TPSA) is 108 Å². The Bertz CT molecular complexity index is 1990. The summed E-state index contributed by atoms with van der Waals surface area (Å²) < 4.78 is 34.6. The van der Waals surface area contributed by atoms with Crippen LogP contribution in [0.4, 0.5) is 0 Å². The Hall–Kier alpha value is -4.63. The van der Waals surface area contributed by atoms with Gasteiger partial charge in [-0.2, -0.15) is 0 Å². The molecule has 0 bridgehead atoms. The molecule has 2 atom stereocenters. The van der Waals surface area contributed by atoms with E-state index in [9.17, 15) is 19.0 Å². The summed E-state index contributed by atoms with van der Waals surface area (Å²) in [6.45, 7) is 4.14. The van der Waals surface area contributed by atoms with Crippen LogP contribution in [-0.4, -0.2) is 74.9 Å².